The molecule has 7 heteroatoms. The first-order valence-corrected chi connectivity index (χ1v) is 7.27. The first-order chi connectivity index (χ1) is 10.1. The molecule has 0 radical (unpaired) electrons. The summed E-state index contributed by atoms with van der Waals surface area (Å²) in [5.41, 5.74) is 8.17. The molecule has 0 atom stereocenters. The number of nitrogens with zero attached hydrogens (tertiary/aromatic N) is 4. The van der Waals surface area contributed by atoms with Gasteiger partial charge in [-0.3, -0.25) is 0 Å². The van der Waals surface area contributed by atoms with E-state index in [1.165, 1.54) is 17.4 Å². The third-order valence-corrected chi connectivity index (χ3v) is 4.31. The Bertz CT molecular complexity index is 773. The van der Waals surface area contributed by atoms with Crippen LogP contribution in [-0.2, 0) is 6.54 Å². The second kappa shape index (κ2) is 5.34. The summed E-state index contributed by atoms with van der Waals surface area (Å²) in [4.78, 5) is 5.55. The van der Waals surface area contributed by atoms with E-state index in [0.29, 0.717) is 22.1 Å². The fraction of sp³-hybridized carbons (Fsp3) is 0.214. The zero-order valence-corrected chi connectivity index (χ0v) is 12.5. The molecule has 0 amide bonds. The minimum Gasteiger partial charge on any atom is -0.325 e. The van der Waals surface area contributed by atoms with Gasteiger partial charge in [-0.2, -0.15) is 4.68 Å². The Morgan fingerprint density at radius 2 is 2.05 bits per heavy atom. The Labute approximate surface area is 125 Å². The van der Waals surface area contributed by atoms with Crippen LogP contribution in [0.1, 0.15) is 16.3 Å². The molecule has 0 fully saturated rings. The molecule has 0 unspecified atom stereocenters. The van der Waals surface area contributed by atoms with Crippen molar-refractivity contribution in [3.8, 4) is 16.4 Å². The second-order valence-corrected chi connectivity index (χ2v) is 5.80. The lowest BCUT2D eigenvalue weighted by Gasteiger charge is -2.06. The molecule has 108 valence electrons. The van der Waals surface area contributed by atoms with Gasteiger partial charge in [0.2, 0.25) is 5.13 Å². The second-order valence-electron chi connectivity index (χ2n) is 4.62. The summed E-state index contributed by atoms with van der Waals surface area (Å²) in [6, 6.07) is 6.52. The molecule has 0 saturated carbocycles. The minimum absolute atomic E-state index is 0.188. The molecule has 2 aromatic heterocycles. The molecule has 21 heavy (non-hydrogen) atoms. The van der Waals surface area contributed by atoms with Crippen LogP contribution in [-0.4, -0.2) is 20.0 Å². The topological polar surface area (TPSA) is 69.6 Å². The number of halogens is 1. The van der Waals surface area contributed by atoms with Crippen molar-refractivity contribution < 1.29 is 4.39 Å². The van der Waals surface area contributed by atoms with E-state index >= 15 is 0 Å². The van der Waals surface area contributed by atoms with E-state index < -0.39 is 0 Å². The van der Waals surface area contributed by atoms with Crippen LogP contribution in [0, 0.1) is 19.7 Å². The fourth-order valence-corrected chi connectivity index (χ4v) is 2.92. The summed E-state index contributed by atoms with van der Waals surface area (Å²) in [6.45, 7) is 4.10. The monoisotopic (exact) mass is 303 g/mol. The van der Waals surface area contributed by atoms with E-state index in [1.807, 2.05) is 13.8 Å². The zero-order valence-electron chi connectivity index (χ0n) is 11.7. The van der Waals surface area contributed by atoms with Crippen molar-refractivity contribution in [1.29, 1.82) is 0 Å². The number of aryl methyl sites for hydroxylation is 2. The number of nitrogens with two attached hydrogens (primary N) is 1. The number of hydrogen-bond donors (Lipinski definition) is 1. The summed E-state index contributed by atoms with van der Waals surface area (Å²) in [5.74, 6) is -0.333. The van der Waals surface area contributed by atoms with Crippen LogP contribution >= 0.6 is 11.3 Å². The van der Waals surface area contributed by atoms with E-state index in [9.17, 15) is 4.39 Å². The van der Waals surface area contributed by atoms with Gasteiger partial charge in [-0.05, 0) is 26.0 Å². The fourth-order valence-electron chi connectivity index (χ4n) is 2.05. The van der Waals surface area contributed by atoms with Gasteiger partial charge in [-0.1, -0.05) is 28.7 Å². The van der Waals surface area contributed by atoms with Gasteiger partial charge >= 0.3 is 0 Å². The highest BCUT2D eigenvalue weighted by Crippen LogP contribution is 2.29. The first kappa shape index (κ1) is 13.8. The maximum Gasteiger partial charge on any atom is 0.212 e. The lowest BCUT2D eigenvalue weighted by Crippen LogP contribution is -2.03. The molecule has 2 heterocycles. The number of aromatic nitrogens is 4. The Morgan fingerprint density at radius 1 is 1.29 bits per heavy atom. The minimum atomic E-state index is -0.333. The van der Waals surface area contributed by atoms with Gasteiger partial charge in [0.1, 0.15) is 17.2 Å². The zero-order chi connectivity index (χ0) is 15.0. The van der Waals surface area contributed by atoms with Gasteiger partial charge in [-0.25, -0.2) is 9.37 Å². The highest BCUT2D eigenvalue weighted by atomic mass is 32.1. The van der Waals surface area contributed by atoms with E-state index in [0.717, 1.165) is 10.6 Å². The van der Waals surface area contributed by atoms with Crippen LogP contribution in [0.3, 0.4) is 0 Å². The van der Waals surface area contributed by atoms with Crippen LogP contribution < -0.4 is 5.73 Å². The standard InChI is InChI=1S/C14H14FN5S/c1-8-9(2)21-14(17-8)20-13(12(7-16)18-19-20)10-5-3-4-6-11(10)15/h3-6H,7,16H2,1-2H3. The molecule has 5 nitrogen and oxygen atoms in total. The Kier molecular flexibility index (Phi) is 3.52. The summed E-state index contributed by atoms with van der Waals surface area (Å²) < 4.78 is 15.7. The predicted molar refractivity (Wildman–Crippen MR) is 79.8 cm³/mol. The molecular formula is C14H14FN5S. The Hall–Kier alpha value is -2.12. The first-order valence-electron chi connectivity index (χ1n) is 6.45. The Morgan fingerprint density at radius 3 is 2.67 bits per heavy atom. The lowest BCUT2D eigenvalue weighted by atomic mass is 10.1. The normalized spacial score (nSPS) is 11.0. The molecule has 0 aliphatic carbocycles. The predicted octanol–water partition coefficient (Wildman–Crippen LogP) is 2.61. The van der Waals surface area contributed by atoms with Crippen molar-refractivity contribution in [3.05, 3.63) is 46.3 Å². The molecule has 2 N–H and O–H groups in total. The molecule has 0 saturated heterocycles. The third kappa shape index (κ3) is 2.34. The number of benzene rings is 1. The molecule has 3 rings (SSSR count). The van der Waals surface area contributed by atoms with Gasteiger partial charge < -0.3 is 5.73 Å². The highest BCUT2D eigenvalue weighted by molar-refractivity contribution is 7.14. The quantitative estimate of drug-likeness (QED) is 0.807. The summed E-state index contributed by atoms with van der Waals surface area (Å²) >= 11 is 1.49. The van der Waals surface area contributed by atoms with Crippen LogP contribution in [0.25, 0.3) is 16.4 Å². The molecule has 0 bridgehead atoms. The molecule has 0 spiro atoms. The Balaban J connectivity index is 2.24. The molecule has 3 aromatic rings. The smallest absolute Gasteiger partial charge is 0.212 e. The maximum absolute atomic E-state index is 14.1. The van der Waals surface area contributed by atoms with Crippen molar-refractivity contribution >= 4 is 11.3 Å². The van der Waals surface area contributed by atoms with E-state index in [4.69, 9.17) is 5.73 Å². The number of rotatable bonds is 3. The summed E-state index contributed by atoms with van der Waals surface area (Å²) in [7, 11) is 0. The highest BCUT2D eigenvalue weighted by Gasteiger charge is 2.20. The lowest BCUT2D eigenvalue weighted by molar-refractivity contribution is 0.629. The average molecular weight is 303 g/mol. The van der Waals surface area contributed by atoms with Gasteiger partial charge in [0.05, 0.1) is 5.69 Å². The van der Waals surface area contributed by atoms with E-state index in [-0.39, 0.29) is 12.4 Å². The van der Waals surface area contributed by atoms with Crippen molar-refractivity contribution in [2.45, 2.75) is 20.4 Å². The van der Waals surface area contributed by atoms with Crippen molar-refractivity contribution in [3.63, 3.8) is 0 Å². The van der Waals surface area contributed by atoms with Crippen molar-refractivity contribution in [1.82, 2.24) is 20.0 Å². The SMILES string of the molecule is Cc1nc(-n2nnc(CN)c2-c2ccccc2F)sc1C. The van der Waals surface area contributed by atoms with E-state index in [2.05, 4.69) is 15.3 Å². The van der Waals surface area contributed by atoms with Crippen LogP contribution in [0.15, 0.2) is 24.3 Å². The van der Waals surface area contributed by atoms with Crippen molar-refractivity contribution in [2.24, 2.45) is 5.73 Å². The largest absolute Gasteiger partial charge is 0.325 e. The summed E-state index contributed by atoms with van der Waals surface area (Å²) in [5, 5.41) is 8.81. The molecule has 0 aliphatic heterocycles. The van der Waals surface area contributed by atoms with Crippen LogP contribution in [0.4, 0.5) is 4.39 Å². The molecule has 0 aliphatic rings. The maximum atomic E-state index is 14.1. The van der Waals surface area contributed by atoms with Gasteiger partial charge in [0.15, 0.2) is 0 Å². The van der Waals surface area contributed by atoms with Crippen molar-refractivity contribution in [2.75, 3.05) is 0 Å². The van der Waals surface area contributed by atoms with Crippen LogP contribution in [0.2, 0.25) is 0 Å². The third-order valence-electron chi connectivity index (χ3n) is 3.26. The summed E-state index contributed by atoms with van der Waals surface area (Å²) in [6.07, 6.45) is 0. The van der Waals surface area contributed by atoms with Crippen LogP contribution in [0.5, 0.6) is 0 Å². The molecule has 1 aromatic carbocycles. The number of thiazole rings is 1. The van der Waals surface area contributed by atoms with Gasteiger partial charge in [0.25, 0.3) is 0 Å². The molecular weight excluding hydrogens is 289 g/mol. The average Bonchev–Trinajstić information content (AvgIpc) is 3.03. The van der Waals surface area contributed by atoms with Gasteiger partial charge in [0, 0.05) is 17.0 Å². The van der Waals surface area contributed by atoms with E-state index in [1.54, 1.807) is 22.9 Å². The number of hydrogen-bond acceptors (Lipinski definition) is 5. The van der Waals surface area contributed by atoms with Gasteiger partial charge in [-0.15, -0.1) is 5.10 Å².